The summed E-state index contributed by atoms with van der Waals surface area (Å²) in [5, 5.41) is 6.79. The van der Waals surface area contributed by atoms with Crippen LogP contribution in [0.25, 0.3) is 11.6 Å². The topological polar surface area (TPSA) is 96.3 Å². The first kappa shape index (κ1) is 15.0. The van der Waals surface area contributed by atoms with Crippen molar-refractivity contribution >= 4 is 11.3 Å². The maximum atomic E-state index is 5.49. The van der Waals surface area contributed by atoms with Crippen LogP contribution in [0, 0.1) is 0 Å². The lowest BCUT2D eigenvalue weighted by Gasteiger charge is -1.99. The van der Waals surface area contributed by atoms with Gasteiger partial charge in [-0.1, -0.05) is 5.16 Å². The molecule has 0 bridgehead atoms. The van der Waals surface area contributed by atoms with Crippen molar-refractivity contribution in [3.63, 3.8) is 0 Å². The molecule has 0 aromatic carbocycles. The van der Waals surface area contributed by atoms with E-state index in [9.17, 15) is 0 Å². The standard InChI is InChI=1S/C12H18N4O3S/c1-17-6-7-18-5-3-10-15-12(19-16-10)9-8-20-11(14-9)2-4-13/h8H,2-7,13H2,1H3. The Morgan fingerprint density at radius 2 is 2.15 bits per heavy atom. The summed E-state index contributed by atoms with van der Waals surface area (Å²) in [5.41, 5.74) is 6.20. The van der Waals surface area contributed by atoms with Crippen molar-refractivity contribution in [2.24, 2.45) is 5.73 Å². The molecule has 110 valence electrons. The molecule has 2 aromatic rings. The van der Waals surface area contributed by atoms with Crippen molar-refractivity contribution in [1.29, 1.82) is 0 Å². The molecule has 2 aromatic heterocycles. The molecule has 2 N–H and O–H groups in total. The Kier molecular flexibility index (Phi) is 6.06. The van der Waals surface area contributed by atoms with Gasteiger partial charge >= 0.3 is 0 Å². The Balaban J connectivity index is 1.84. The Bertz CT molecular complexity index is 514. The Morgan fingerprint density at radius 3 is 2.95 bits per heavy atom. The van der Waals surface area contributed by atoms with E-state index in [0.29, 0.717) is 50.2 Å². The van der Waals surface area contributed by atoms with Crippen molar-refractivity contribution in [3.05, 3.63) is 16.2 Å². The molecule has 0 amide bonds. The van der Waals surface area contributed by atoms with Gasteiger partial charge in [-0.3, -0.25) is 0 Å². The molecule has 0 spiro atoms. The van der Waals surface area contributed by atoms with Gasteiger partial charge in [-0.2, -0.15) is 4.98 Å². The summed E-state index contributed by atoms with van der Waals surface area (Å²) in [5.74, 6) is 1.06. The van der Waals surface area contributed by atoms with Crippen LogP contribution in [0.4, 0.5) is 0 Å². The van der Waals surface area contributed by atoms with Gasteiger partial charge in [0, 0.05) is 25.3 Å². The molecule has 0 saturated heterocycles. The van der Waals surface area contributed by atoms with Crippen molar-refractivity contribution < 1.29 is 14.0 Å². The van der Waals surface area contributed by atoms with Gasteiger partial charge in [-0.25, -0.2) is 4.98 Å². The maximum Gasteiger partial charge on any atom is 0.277 e. The predicted molar refractivity (Wildman–Crippen MR) is 74.6 cm³/mol. The van der Waals surface area contributed by atoms with Crippen molar-refractivity contribution in [1.82, 2.24) is 15.1 Å². The molecule has 0 aliphatic heterocycles. The number of methoxy groups -OCH3 is 1. The van der Waals surface area contributed by atoms with Gasteiger partial charge in [0.25, 0.3) is 5.89 Å². The fourth-order valence-electron chi connectivity index (χ4n) is 1.51. The van der Waals surface area contributed by atoms with Crippen LogP contribution < -0.4 is 5.73 Å². The van der Waals surface area contributed by atoms with Gasteiger partial charge in [0.2, 0.25) is 0 Å². The third kappa shape index (κ3) is 4.34. The van der Waals surface area contributed by atoms with E-state index in [-0.39, 0.29) is 0 Å². The van der Waals surface area contributed by atoms with E-state index < -0.39 is 0 Å². The number of aromatic nitrogens is 3. The SMILES string of the molecule is COCCOCCc1noc(-c2csc(CCN)n2)n1. The van der Waals surface area contributed by atoms with Crippen LogP contribution in [0.1, 0.15) is 10.8 Å². The minimum atomic E-state index is 0.441. The second kappa shape index (κ2) is 8.05. The van der Waals surface area contributed by atoms with E-state index in [1.54, 1.807) is 18.4 Å². The molecule has 2 rings (SSSR count). The van der Waals surface area contributed by atoms with E-state index in [0.717, 1.165) is 11.4 Å². The smallest absolute Gasteiger partial charge is 0.277 e. The zero-order valence-electron chi connectivity index (χ0n) is 11.4. The van der Waals surface area contributed by atoms with Crippen LogP contribution in [0.5, 0.6) is 0 Å². The molecule has 0 unspecified atom stereocenters. The van der Waals surface area contributed by atoms with E-state index >= 15 is 0 Å². The first-order valence-corrected chi connectivity index (χ1v) is 7.25. The Morgan fingerprint density at radius 1 is 1.25 bits per heavy atom. The summed E-state index contributed by atoms with van der Waals surface area (Å²) >= 11 is 1.55. The van der Waals surface area contributed by atoms with Gasteiger partial charge in [-0.15, -0.1) is 11.3 Å². The molecule has 0 radical (unpaired) electrons. The monoisotopic (exact) mass is 298 g/mol. The molecule has 0 fully saturated rings. The fraction of sp³-hybridized carbons (Fsp3) is 0.583. The van der Waals surface area contributed by atoms with Gasteiger partial charge in [-0.05, 0) is 6.54 Å². The maximum absolute atomic E-state index is 5.49. The molecular formula is C12H18N4O3S. The minimum Gasteiger partial charge on any atom is -0.382 e. The molecule has 0 aliphatic rings. The summed E-state index contributed by atoms with van der Waals surface area (Å²) in [6, 6.07) is 0. The predicted octanol–water partition coefficient (Wildman–Crippen LogP) is 0.900. The highest BCUT2D eigenvalue weighted by molar-refractivity contribution is 7.09. The molecule has 0 atom stereocenters. The Hall–Kier alpha value is -1.35. The summed E-state index contributed by atoms with van der Waals surface area (Å²) in [4.78, 5) is 8.69. The quantitative estimate of drug-likeness (QED) is 0.687. The number of hydrogen-bond donors (Lipinski definition) is 1. The first-order chi connectivity index (χ1) is 9.83. The van der Waals surface area contributed by atoms with Crippen LogP contribution in [-0.2, 0) is 22.3 Å². The minimum absolute atomic E-state index is 0.441. The molecule has 0 aliphatic carbocycles. The second-order valence-corrected chi connectivity index (χ2v) is 4.98. The van der Waals surface area contributed by atoms with Gasteiger partial charge < -0.3 is 19.7 Å². The summed E-state index contributed by atoms with van der Waals surface area (Å²) in [6.07, 6.45) is 1.37. The summed E-state index contributed by atoms with van der Waals surface area (Å²) in [6.45, 7) is 2.27. The average molecular weight is 298 g/mol. The number of thiazole rings is 1. The van der Waals surface area contributed by atoms with Crippen molar-refractivity contribution in [3.8, 4) is 11.6 Å². The molecule has 8 heteroatoms. The lowest BCUT2D eigenvalue weighted by molar-refractivity contribution is 0.0714. The molecule has 0 saturated carbocycles. The largest absolute Gasteiger partial charge is 0.382 e. The molecule has 7 nitrogen and oxygen atoms in total. The van der Waals surface area contributed by atoms with Crippen molar-refractivity contribution in [2.45, 2.75) is 12.8 Å². The van der Waals surface area contributed by atoms with Crippen LogP contribution >= 0.6 is 11.3 Å². The normalized spacial score (nSPS) is 11.1. The summed E-state index contributed by atoms with van der Waals surface area (Å²) < 4.78 is 15.4. The van der Waals surface area contributed by atoms with Crippen LogP contribution in [0.15, 0.2) is 9.90 Å². The number of nitrogens with two attached hydrogens (primary N) is 1. The van der Waals surface area contributed by atoms with E-state index in [1.807, 2.05) is 5.38 Å². The van der Waals surface area contributed by atoms with Crippen LogP contribution in [-0.4, -0.2) is 48.6 Å². The highest BCUT2D eigenvalue weighted by Gasteiger charge is 2.12. The molecular weight excluding hydrogens is 280 g/mol. The van der Waals surface area contributed by atoms with Crippen molar-refractivity contribution in [2.75, 3.05) is 33.5 Å². The van der Waals surface area contributed by atoms with Crippen LogP contribution in [0.2, 0.25) is 0 Å². The van der Waals surface area contributed by atoms with E-state index in [2.05, 4.69) is 15.1 Å². The van der Waals surface area contributed by atoms with Crippen LogP contribution in [0.3, 0.4) is 0 Å². The molecule has 2 heterocycles. The molecule has 20 heavy (non-hydrogen) atoms. The number of nitrogens with zero attached hydrogens (tertiary/aromatic N) is 3. The van der Waals surface area contributed by atoms with E-state index in [1.165, 1.54) is 0 Å². The summed E-state index contributed by atoms with van der Waals surface area (Å²) in [7, 11) is 1.64. The first-order valence-electron chi connectivity index (χ1n) is 6.37. The van der Waals surface area contributed by atoms with Gasteiger partial charge in [0.05, 0.1) is 24.8 Å². The van der Waals surface area contributed by atoms with Gasteiger partial charge in [0.1, 0.15) is 5.69 Å². The number of hydrogen-bond acceptors (Lipinski definition) is 8. The second-order valence-electron chi connectivity index (χ2n) is 4.04. The number of rotatable bonds is 9. The average Bonchev–Trinajstić information content (AvgIpc) is 3.08. The highest BCUT2D eigenvalue weighted by atomic mass is 32.1. The van der Waals surface area contributed by atoms with E-state index in [4.69, 9.17) is 19.7 Å². The lowest BCUT2D eigenvalue weighted by atomic mass is 10.4. The Labute approximate surface area is 121 Å². The fourth-order valence-corrected chi connectivity index (χ4v) is 2.30. The third-order valence-electron chi connectivity index (χ3n) is 2.50. The zero-order chi connectivity index (χ0) is 14.2. The van der Waals surface area contributed by atoms with Gasteiger partial charge in [0.15, 0.2) is 5.82 Å². The lowest BCUT2D eigenvalue weighted by Crippen LogP contribution is -2.05. The highest BCUT2D eigenvalue weighted by Crippen LogP contribution is 2.20. The number of ether oxygens (including phenoxy) is 2. The zero-order valence-corrected chi connectivity index (χ0v) is 12.2. The third-order valence-corrected chi connectivity index (χ3v) is 3.41.